The lowest BCUT2D eigenvalue weighted by molar-refractivity contribution is -0.0450. The van der Waals surface area contributed by atoms with Gasteiger partial charge in [-0.3, -0.25) is 18.9 Å². The Morgan fingerprint density at radius 3 is 2.14 bits per heavy atom. The van der Waals surface area contributed by atoms with Gasteiger partial charge in [0.1, 0.15) is 17.9 Å². The predicted octanol–water partition coefficient (Wildman–Crippen LogP) is -0.142. The minimum Gasteiger partial charge on any atom is -0.390 e. The van der Waals surface area contributed by atoms with Crippen molar-refractivity contribution in [2.24, 2.45) is 0 Å². The molecule has 0 bridgehead atoms. The molecule has 1 aromatic heterocycles. The van der Waals surface area contributed by atoms with Gasteiger partial charge in [-0.1, -0.05) is 26.7 Å². The summed E-state index contributed by atoms with van der Waals surface area (Å²) >= 11 is 0. The van der Waals surface area contributed by atoms with Crippen LogP contribution in [0.25, 0.3) is 0 Å². The summed E-state index contributed by atoms with van der Waals surface area (Å²) in [5.41, 5.74) is -1.93. The summed E-state index contributed by atoms with van der Waals surface area (Å²) in [5, 5.41) is 10.00. The lowest BCUT2D eigenvalue weighted by atomic mass is 10.2. The third kappa shape index (κ3) is 11.4. The highest BCUT2D eigenvalue weighted by Crippen LogP contribution is 2.66. The first kappa shape index (κ1) is 33.6. The maximum Gasteiger partial charge on any atom is 0.490 e. The molecule has 17 nitrogen and oxygen atoms in total. The van der Waals surface area contributed by atoms with E-state index in [4.69, 9.17) is 25.8 Å². The largest absolute Gasteiger partial charge is 0.490 e. The maximum absolute atomic E-state index is 11.9. The molecule has 1 saturated heterocycles. The molecule has 0 aromatic carbocycles. The summed E-state index contributed by atoms with van der Waals surface area (Å²) < 4.78 is 51.2. The molecule has 0 aliphatic carbocycles. The highest BCUT2D eigenvalue weighted by Gasteiger charge is 2.43. The van der Waals surface area contributed by atoms with E-state index in [1.807, 2.05) is 10.9 Å². The summed E-state index contributed by atoms with van der Waals surface area (Å²) in [4.78, 5) is 63.1. The molecule has 0 saturated carbocycles. The molecule has 2 heterocycles. The Morgan fingerprint density at radius 2 is 1.68 bits per heavy atom. The van der Waals surface area contributed by atoms with Crippen LogP contribution in [0.15, 0.2) is 15.8 Å². The van der Waals surface area contributed by atoms with Gasteiger partial charge in [-0.25, -0.2) is 18.5 Å². The minimum absolute atomic E-state index is 0.204. The molecule has 20 heteroatoms. The van der Waals surface area contributed by atoms with Crippen LogP contribution in [0.1, 0.15) is 39.0 Å². The number of aliphatic hydroxyl groups excluding tert-OH is 1. The Balaban J connectivity index is 0.000000856. The van der Waals surface area contributed by atoms with Gasteiger partial charge in [0.2, 0.25) is 0 Å². The van der Waals surface area contributed by atoms with E-state index in [-0.39, 0.29) is 12.0 Å². The first-order valence-electron chi connectivity index (χ1n) is 10.6. The van der Waals surface area contributed by atoms with Crippen molar-refractivity contribution >= 4 is 23.5 Å². The Labute approximate surface area is 211 Å². The van der Waals surface area contributed by atoms with E-state index >= 15 is 0 Å². The summed E-state index contributed by atoms with van der Waals surface area (Å²) in [7, 11) is -16.7. The van der Waals surface area contributed by atoms with E-state index in [2.05, 4.69) is 38.8 Å². The van der Waals surface area contributed by atoms with Crippen LogP contribution in [-0.4, -0.2) is 77.6 Å². The Morgan fingerprint density at radius 1 is 1.11 bits per heavy atom. The van der Waals surface area contributed by atoms with E-state index in [1.54, 1.807) is 0 Å². The first-order valence-corrected chi connectivity index (χ1v) is 15.2. The second-order valence-electron chi connectivity index (χ2n) is 7.29. The van der Waals surface area contributed by atoms with Crippen LogP contribution in [0.2, 0.25) is 0 Å². The molecule has 0 amide bonds. The number of H-pyrrole nitrogens is 1. The van der Waals surface area contributed by atoms with Crippen molar-refractivity contribution in [2.45, 2.75) is 45.6 Å². The van der Waals surface area contributed by atoms with Gasteiger partial charge in [0.05, 0.1) is 12.7 Å². The molecule has 1 aliphatic heterocycles. The van der Waals surface area contributed by atoms with Crippen LogP contribution in [0.4, 0.5) is 0 Å². The number of aliphatic hydroxyl groups is 1. The molecule has 5 atom stereocenters. The molecule has 37 heavy (non-hydrogen) atoms. The number of hydrogen-bond donors (Lipinski definition) is 6. The average molecular weight is 593 g/mol. The van der Waals surface area contributed by atoms with Crippen LogP contribution < -0.4 is 11.2 Å². The fourth-order valence-corrected chi connectivity index (χ4v) is 6.01. The summed E-state index contributed by atoms with van der Waals surface area (Å²) in [6.45, 7) is 9.21. The molecule has 2 unspecified atom stereocenters. The lowest BCUT2D eigenvalue weighted by Gasteiger charge is -2.19. The standard InChI is InChI=1S/C11H15N2O14P3.C6H15N/c1-2-6-4-13(11(16)12-10(6)15)9-3-7(14)8(25-9)5-24-29(20,21)27-30(22,23)26-28(17,18)19;1-4-7(5-2)6-3/h1,4,7-9,14H,3,5H2,(H,20,21)(H,22,23)(H,12,15,16)(H2,17,18,19);4-6H2,1-3H3/t7-,8+,9+;/m0./s1. The zero-order chi connectivity index (χ0) is 28.6. The van der Waals surface area contributed by atoms with Gasteiger partial charge in [0.15, 0.2) is 0 Å². The predicted molar refractivity (Wildman–Crippen MR) is 127 cm³/mol. The van der Waals surface area contributed by atoms with Crippen LogP contribution in [-0.2, 0) is 31.6 Å². The number of terminal acetylenes is 1. The quantitative estimate of drug-likeness (QED) is 0.144. The van der Waals surface area contributed by atoms with E-state index in [0.717, 1.165) is 10.8 Å². The van der Waals surface area contributed by atoms with E-state index in [9.17, 15) is 33.3 Å². The van der Waals surface area contributed by atoms with Crippen molar-refractivity contribution < 1.29 is 56.3 Å². The van der Waals surface area contributed by atoms with Crippen molar-refractivity contribution in [1.29, 1.82) is 0 Å². The Hall–Kier alpha value is -1.47. The van der Waals surface area contributed by atoms with Crippen LogP contribution >= 0.6 is 23.5 Å². The maximum atomic E-state index is 11.9. The van der Waals surface area contributed by atoms with E-state index < -0.39 is 59.8 Å². The number of nitrogens with one attached hydrogen (secondary N) is 1. The normalized spacial score (nSPS) is 23.0. The fraction of sp³-hybridized carbons (Fsp3) is 0.647. The number of ether oxygens (including phenoxy) is 1. The molecular weight excluding hydrogens is 563 g/mol. The highest BCUT2D eigenvalue weighted by molar-refractivity contribution is 7.66. The monoisotopic (exact) mass is 593 g/mol. The second-order valence-corrected chi connectivity index (χ2v) is 11.7. The lowest BCUT2D eigenvalue weighted by Crippen LogP contribution is -2.33. The van der Waals surface area contributed by atoms with Gasteiger partial charge in [-0.05, 0) is 19.6 Å². The third-order valence-electron chi connectivity index (χ3n) is 4.80. The van der Waals surface area contributed by atoms with Crippen molar-refractivity contribution in [2.75, 3.05) is 26.2 Å². The molecule has 1 fully saturated rings. The van der Waals surface area contributed by atoms with Gasteiger partial charge in [0, 0.05) is 12.6 Å². The number of rotatable bonds is 11. The smallest absolute Gasteiger partial charge is 0.390 e. The minimum atomic E-state index is -5.69. The van der Waals surface area contributed by atoms with Gasteiger partial charge in [0.25, 0.3) is 5.56 Å². The average Bonchev–Trinajstić information content (AvgIpc) is 3.12. The molecule has 212 valence electrons. The molecule has 2 rings (SSSR count). The van der Waals surface area contributed by atoms with Gasteiger partial charge < -0.3 is 34.3 Å². The number of phosphoric acid groups is 3. The Kier molecular flexibility index (Phi) is 12.8. The SMILES string of the molecule is C#Cc1cn([C@H]2C[C@H](O)[C@@H](COP(=O)(O)OP(=O)(O)OP(=O)(O)O)O2)c(=O)[nH]c1=O.CCN(CC)CC. The van der Waals surface area contributed by atoms with Crippen LogP contribution in [0, 0.1) is 12.3 Å². The molecule has 1 aromatic rings. The summed E-state index contributed by atoms with van der Waals surface area (Å²) in [5.74, 6) is 2.04. The van der Waals surface area contributed by atoms with Crippen molar-refractivity contribution in [3.05, 3.63) is 32.6 Å². The van der Waals surface area contributed by atoms with Crippen LogP contribution in [0.5, 0.6) is 0 Å². The first-order chi connectivity index (χ1) is 17.0. The van der Waals surface area contributed by atoms with E-state index in [1.165, 1.54) is 19.6 Å². The highest BCUT2D eigenvalue weighted by atomic mass is 31.3. The zero-order valence-electron chi connectivity index (χ0n) is 20.1. The van der Waals surface area contributed by atoms with Gasteiger partial charge >= 0.3 is 29.2 Å². The number of aromatic nitrogens is 2. The van der Waals surface area contributed by atoms with Crippen molar-refractivity contribution in [3.63, 3.8) is 0 Å². The Bertz CT molecular complexity index is 1190. The number of hydrogen-bond acceptors (Lipinski definition) is 11. The fourth-order valence-electron chi connectivity index (χ4n) is 2.98. The van der Waals surface area contributed by atoms with Crippen molar-refractivity contribution in [1.82, 2.24) is 14.5 Å². The van der Waals surface area contributed by atoms with E-state index in [0.29, 0.717) is 0 Å². The molecule has 1 aliphatic rings. The molecule has 0 spiro atoms. The topological polar surface area (TPSA) is 247 Å². The number of phosphoric ester groups is 1. The number of nitrogens with zero attached hydrogens (tertiary/aromatic N) is 2. The van der Waals surface area contributed by atoms with Crippen LogP contribution in [0.3, 0.4) is 0 Å². The molecule has 0 radical (unpaired) electrons. The zero-order valence-corrected chi connectivity index (χ0v) is 22.8. The summed E-state index contributed by atoms with van der Waals surface area (Å²) in [6, 6.07) is 0. The molecular formula is C17H30N3O14P3. The van der Waals surface area contributed by atoms with Gasteiger partial charge in [-0.2, -0.15) is 8.62 Å². The second kappa shape index (κ2) is 14.1. The number of aromatic amines is 1. The van der Waals surface area contributed by atoms with Crippen molar-refractivity contribution in [3.8, 4) is 12.3 Å². The van der Waals surface area contributed by atoms with Gasteiger partial charge in [-0.15, -0.1) is 6.42 Å². The molecule has 6 N–H and O–H groups in total. The third-order valence-corrected chi connectivity index (χ3v) is 8.60. The summed E-state index contributed by atoms with van der Waals surface area (Å²) in [6.07, 6.45) is 2.02.